The van der Waals surface area contributed by atoms with Crippen molar-refractivity contribution in [3.05, 3.63) is 11.6 Å². The second-order valence-corrected chi connectivity index (χ2v) is 7.25. The quantitative estimate of drug-likeness (QED) is 0.393. The van der Waals surface area contributed by atoms with Gasteiger partial charge in [-0.1, -0.05) is 56.4 Å². The summed E-state index contributed by atoms with van der Waals surface area (Å²) in [6.45, 7) is 8.89. The van der Waals surface area contributed by atoms with Crippen LogP contribution in [0.15, 0.2) is 11.6 Å². The van der Waals surface area contributed by atoms with Gasteiger partial charge in [0.25, 0.3) is 0 Å². The molecule has 1 saturated heterocycles. The van der Waals surface area contributed by atoms with Crippen molar-refractivity contribution in [3.8, 4) is 0 Å². The van der Waals surface area contributed by atoms with Crippen molar-refractivity contribution >= 4 is 21.6 Å². The number of likely N-dealkylation sites (tertiary alicyclic amines) is 1. The minimum absolute atomic E-state index is 1.23. The molecular formula is C14H27NS2. The van der Waals surface area contributed by atoms with Crippen LogP contribution in [0.5, 0.6) is 0 Å². The lowest BCUT2D eigenvalue weighted by Gasteiger charge is -2.18. The van der Waals surface area contributed by atoms with Gasteiger partial charge in [0.2, 0.25) is 0 Å². The summed E-state index contributed by atoms with van der Waals surface area (Å²) in [4.78, 5) is 2.43. The van der Waals surface area contributed by atoms with Gasteiger partial charge in [-0.3, -0.25) is 0 Å². The molecule has 1 aliphatic heterocycles. The molecule has 1 rings (SSSR count). The van der Waals surface area contributed by atoms with Crippen LogP contribution in [0.4, 0.5) is 0 Å². The van der Waals surface area contributed by atoms with Crippen molar-refractivity contribution < 1.29 is 0 Å². The lowest BCUT2D eigenvalue weighted by Crippen LogP contribution is -2.14. The van der Waals surface area contributed by atoms with Crippen LogP contribution in [-0.4, -0.2) is 23.7 Å². The van der Waals surface area contributed by atoms with E-state index in [1.54, 1.807) is 0 Å². The van der Waals surface area contributed by atoms with Gasteiger partial charge in [0.1, 0.15) is 0 Å². The molecule has 0 bridgehead atoms. The molecule has 100 valence electrons. The third-order valence-corrected chi connectivity index (χ3v) is 5.65. The highest BCUT2D eigenvalue weighted by molar-refractivity contribution is 8.78. The van der Waals surface area contributed by atoms with Crippen molar-refractivity contribution in [1.29, 1.82) is 0 Å². The Morgan fingerprint density at radius 2 is 1.71 bits per heavy atom. The predicted molar refractivity (Wildman–Crippen MR) is 83.4 cm³/mol. The van der Waals surface area contributed by atoms with Gasteiger partial charge in [-0.25, -0.2) is 0 Å². The van der Waals surface area contributed by atoms with Crippen LogP contribution in [0.2, 0.25) is 0 Å². The molecule has 0 saturated carbocycles. The zero-order chi connectivity index (χ0) is 12.3. The van der Waals surface area contributed by atoms with Crippen LogP contribution in [0.3, 0.4) is 0 Å². The molecular weight excluding hydrogens is 246 g/mol. The molecule has 0 radical (unpaired) electrons. The Hall–Kier alpha value is 0.240. The van der Waals surface area contributed by atoms with Crippen molar-refractivity contribution in [2.45, 2.75) is 58.3 Å². The first-order chi connectivity index (χ1) is 8.34. The molecule has 0 aromatic rings. The maximum atomic E-state index is 4.16. The average molecular weight is 274 g/mol. The van der Waals surface area contributed by atoms with Crippen LogP contribution in [-0.2, 0) is 0 Å². The Morgan fingerprint density at radius 1 is 1.06 bits per heavy atom. The fraction of sp³-hybridized carbons (Fsp3) is 0.857. The van der Waals surface area contributed by atoms with Gasteiger partial charge < -0.3 is 4.90 Å². The van der Waals surface area contributed by atoms with Crippen molar-refractivity contribution in [1.82, 2.24) is 4.90 Å². The summed E-state index contributed by atoms with van der Waals surface area (Å²) >= 11 is 0. The third kappa shape index (κ3) is 7.30. The number of hydrogen-bond donors (Lipinski definition) is 0. The molecule has 1 nitrogen and oxygen atoms in total. The van der Waals surface area contributed by atoms with E-state index in [2.05, 4.69) is 18.4 Å². The van der Waals surface area contributed by atoms with Crippen LogP contribution in [0.1, 0.15) is 58.3 Å². The SMILES string of the molecule is C=C(SSCCCCCCCC)N1CCCC1. The van der Waals surface area contributed by atoms with E-state index in [0.717, 1.165) is 0 Å². The summed E-state index contributed by atoms with van der Waals surface area (Å²) < 4.78 is 0. The minimum atomic E-state index is 1.23. The first kappa shape index (κ1) is 15.3. The Balaban J connectivity index is 1.85. The van der Waals surface area contributed by atoms with E-state index in [1.807, 2.05) is 21.6 Å². The molecule has 1 aliphatic rings. The molecule has 0 unspecified atom stereocenters. The summed E-state index contributed by atoms with van der Waals surface area (Å²) in [5.74, 6) is 1.28. The summed E-state index contributed by atoms with van der Waals surface area (Å²) in [5.41, 5.74) is 0. The molecule has 0 atom stereocenters. The van der Waals surface area contributed by atoms with Gasteiger partial charge >= 0.3 is 0 Å². The largest absolute Gasteiger partial charge is 0.366 e. The Kier molecular flexibility index (Phi) is 9.17. The monoisotopic (exact) mass is 273 g/mol. The van der Waals surface area contributed by atoms with Gasteiger partial charge in [0.05, 0.1) is 5.03 Å². The number of hydrogen-bond acceptors (Lipinski definition) is 3. The Morgan fingerprint density at radius 3 is 2.41 bits per heavy atom. The van der Waals surface area contributed by atoms with E-state index in [4.69, 9.17) is 0 Å². The zero-order valence-electron chi connectivity index (χ0n) is 11.2. The topological polar surface area (TPSA) is 3.24 Å². The fourth-order valence-corrected chi connectivity index (χ4v) is 4.23. The molecule has 0 spiro atoms. The fourth-order valence-electron chi connectivity index (χ4n) is 2.07. The normalized spacial score (nSPS) is 15.5. The molecule has 17 heavy (non-hydrogen) atoms. The van der Waals surface area contributed by atoms with Crippen molar-refractivity contribution in [2.75, 3.05) is 18.8 Å². The summed E-state index contributed by atoms with van der Waals surface area (Å²) in [6.07, 6.45) is 11.1. The molecule has 0 aliphatic carbocycles. The molecule has 3 heteroatoms. The number of unbranched alkanes of at least 4 members (excludes halogenated alkanes) is 5. The molecule has 1 heterocycles. The maximum Gasteiger partial charge on any atom is 0.0742 e. The molecule has 0 amide bonds. The van der Waals surface area contributed by atoms with Gasteiger partial charge in [0, 0.05) is 18.8 Å². The second-order valence-electron chi connectivity index (χ2n) is 4.76. The standard InChI is InChI=1S/C14H27NS2/c1-3-4-5-6-7-10-13-16-17-14(2)15-11-8-9-12-15/h2-13H2,1H3. The molecule has 0 aromatic carbocycles. The van der Waals surface area contributed by atoms with Gasteiger partial charge in [0.15, 0.2) is 0 Å². The lowest BCUT2D eigenvalue weighted by molar-refractivity contribution is 0.459. The van der Waals surface area contributed by atoms with E-state index in [1.165, 1.54) is 75.2 Å². The number of nitrogens with zero attached hydrogens (tertiary/aromatic N) is 1. The highest BCUT2D eigenvalue weighted by Gasteiger charge is 2.13. The second kappa shape index (κ2) is 10.2. The van der Waals surface area contributed by atoms with E-state index in [-0.39, 0.29) is 0 Å². The van der Waals surface area contributed by atoms with Crippen LogP contribution in [0.25, 0.3) is 0 Å². The number of rotatable bonds is 10. The average Bonchev–Trinajstić information content (AvgIpc) is 2.86. The maximum absolute atomic E-state index is 4.16. The lowest BCUT2D eigenvalue weighted by atomic mass is 10.1. The van der Waals surface area contributed by atoms with Crippen molar-refractivity contribution in [2.24, 2.45) is 0 Å². The van der Waals surface area contributed by atoms with E-state index < -0.39 is 0 Å². The zero-order valence-corrected chi connectivity index (χ0v) is 12.9. The highest BCUT2D eigenvalue weighted by atomic mass is 33.1. The van der Waals surface area contributed by atoms with Gasteiger partial charge in [-0.05, 0) is 30.1 Å². The van der Waals surface area contributed by atoms with Crippen LogP contribution < -0.4 is 0 Å². The van der Waals surface area contributed by atoms with Crippen LogP contribution in [0, 0.1) is 0 Å². The molecule has 0 aromatic heterocycles. The summed E-state index contributed by atoms with van der Waals surface area (Å²) in [6, 6.07) is 0. The Bertz CT molecular complexity index is 200. The summed E-state index contributed by atoms with van der Waals surface area (Å²) in [7, 11) is 3.88. The van der Waals surface area contributed by atoms with Gasteiger partial charge in [-0.2, -0.15) is 0 Å². The predicted octanol–water partition coefficient (Wildman–Crippen LogP) is 5.30. The van der Waals surface area contributed by atoms with E-state index >= 15 is 0 Å². The first-order valence-corrected chi connectivity index (χ1v) is 9.40. The first-order valence-electron chi connectivity index (χ1n) is 7.08. The van der Waals surface area contributed by atoms with Crippen molar-refractivity contribution in [3.63, 3.8) is 0 Å². The van der Waals surface area contributed by atoms with Gasteiger partial charge in [-0.15, -0.1) is 0 Å². The highest BCUT2D eigenvalue weighted by Crippen LogP contribution is 2.33. The van der Waals surface area contributed by atoms with Crippen LogP contribution >= 0.6 is 21.6 Å². The minimum Gasteiger partial charge on any atom is -0.366 e. The summed E-state index contributed by atoms with van der Waals surface area (Å²) in [5, 5.41) is 1.28. The third-order valence-electron chi connectivity index (χ3n) is 3.20. The van der Waals surface area contributed by atoms with E-state index in [0.29, 0.717) is 0 Å². The molecule has 1 fully saturated rings. The van der Waals surface area contributed by atoms with E-state index in [9.17, 15) is 0 Å². The molecule has 0 N–H and O–H groups in total. The Labute approximate surface area is 115 Å². The smallest absolute Gasteiger partial charge is 0.0742 e.